The molecule has 0 aliphatic carbocycles. The van der Waals surface area contributed by atoms with Crippen LogP contribution in [0.15, 0.2) is 71.6 Å². The second-order valence-electron chi connectivity index (χ2n) is 6.81. The third kappa shape index (κ3) is 4.84. The number of nitrogens with two attached hydrogens (primary N) is 1. The summed E-state index contributed by atoms with van der Waals surface area (Å²) in [5.41, 5.74) is 7.76. The molecule has 1 amide bonds. The van der Waals surface area contributed by atoms with E-state index in [1.165, 1.54) is 24.3 Å². The zero-order chi connectivity index (χ0) is 21.9. The Morgan fingerprint density at radius 2 is 1.73 bits per heavy atom. The molecule has 0 aliphatic heterocycles. The van der Waals surface area contributed by atoms with Gasteiger partial charge < -0.3 is 11.1 Å². The van der Waals surface area contributed by atoms with Gasteiger partial charge in [0.15, 0.2) is 15.6 Å². The fourth-order valence-electron chi connectivity index (χ4n) is 3.13. The Labute approximate surface area is 174 Å². The van der Waals surface area contributed by atoms with E-state index in [9.17, 15) is 18.3 Å². The number of amides is 1. The van der Waals surface area contributed by atoms with Crippen molar-refractivity contribution >= 4 is 27.3 Å². The molecule has 30 heavy (non-hydrogen) atoms. The van der Waals surface area contributed by atoms with Crippen LogP contribution in [0.3, 0.4) is 0 Å². The van der Waals surface area contributed by atoms with Crippen LogP contribution in [-0.4, -0.2) is 26.4 Å². The molecule has 0 aromatic heterocycles. The standard InChI is InChI=1S/C22H20N3O4S/c1-30(28,29)20-8-3-2-7-19(20)18-10-9-17(26)12-15(18)13-21(27)25-16-6-4-5-14(11-16)22(23)24/h2-12H,13H2,1H3,(H3,23,24)(H,25,27). The van der Waals surface area contributed by atoms with Crippen molar-refractivity contribution in [1.29, 1.82) is 5.41 Å². The summed E-state index contributed by atoms with van der Waals surface area (Å²) in [6.07, 6.45) is 0.982. The molecule has 1 radical (unpaired) electrons. The molecule has 3 aromatic rings. The molecule has 0 saturated carbocycles. The van der Waals surface area contributed by atoms with Crippen LogP contribution >= 0.6 is 0 Å². The predicted molar refractivity (Wildman–Crippen MR) is 115 cm³/mol. The number of carbonyl (C=O) groups is 1. The van der Waals surface area contributed by atoms with Crippen LogP contribution in [0.2, 0.25) is 0 Å². The number of hydrogen-bond donors (Lipinski definition) is 3. The Hall–Kier alpha value is -3.65. The Morgan fingerprint density at radius 3 is 2.43 bits per heavy atom. The van der Waals surface area contributed by atoms with Crippen molar-refractivity contribution in [1.82, 2.24) is 0 Å². The van der Waals surface area contributed by atoms with Crippen LogP contribution < -0.4 is 11.1 Å². The van der Waals surface area contributed by atoms with Gasteiger partial charge in [0.05, 0.1) is 11.3 Å². The molecular weight excluding hydrogens is 402 g/mol. The molecule has 0 saturated heterocycles. The Morgan fingerprint density at radius 1 is 1.00 bits per heavy atom. The van der Waals surface area contributed by atoms with Crippen molar-refractivity contribution in [2.75, 3.05) is 11.6 Å². The summed E-state index contributed by atoms with van der Waals surface area (Å²) < 4.78 is 24.4. The van der Waals surface area contributed by atoms with E-state index < -0.39 is 9.84 Å². The van der Waals surface area contributed by atoms with Gasteiger partial charge in [-0.05, 0) is 41.5 Å². The van der Waals surface area contributed by atoms with Gasteiger partial charge in [0.1, 0.15) is 5.84 Å². The van der Waals surface area contributed by atoms with Gasteiger partial charge in [-0.25, -0.2) is 8.42 Å². The third-order valence-electron chi connectivity index (χ3n) is 4.46. The smallest absolute Gasteiger partial charge is 0.228 e. The molecule has 0 atom stereocenters. The maximum Gasteiger partial charge on any atom is 0.228 e. The van der Waals surface area contributed by atoms with Gasteiger partial charge in [-0.15, -0.1) is 0 Å². The molecule has 4 N–H and O–H groups in total. The first-order chi connectivity index (χ1) is 14.1. The lowest BCUT2D eigenvalue weighted by Gasteiger charge is -2.13. The monoisotopic (exact) mass is 422 g/mol. The molecule has 153 valence electrons. The van der Waals surface area contributed by atoms with Crippen molar-refractivity contribution in [2.24, 2.45) is 5.73 Å². The predicted octanol–water partition coefficient (Wildman–Crippen LogP) is 3.37. The van der Waals surface area contributed by atoms with Gasteiger partial charge in [-0.2, -0.15) is 0 Å². The van der Waals surface area contributed by atoms with Gasteiger partial charge >= 0.3 is 0 Å². The SMILES string of the molecule is CS(=O)(=O)c1ccccc1-c1ccc([O])cc1CC(=O)Nc1cccc(C(=N)N)c1. The normalized spacial score (nSPS) is 11.1. The van der Waals surface area contributed by atoms with Gasteiger partial charge in [0.2, 0.25) is 5.91 Å². The molecule has 0 aliphatic rings. The zero-order valence-corrected chi connectivity index (χ0v) is 17.0. The molecule has 3 aromatic carbocycles. The first-order valence-electron chi connectivity index (χ1n) is 8.99. The zero-order valence-electron chi connectivity index (χ0n) is 16.2. The van der Waals surface area contributed by atoms with Crippen LogP contribution in [0.4, 0.5) is 5.69 Å². The molecule has 0 bridgehead atoms. The number of anilines is 1. The van der Waals surface area contributed by atoms with E-state index in [-0.39, 0.29) is 28.8 Å². The summed E-state index contributed by atoms with van der Waals surface area (Å²) in [6, 6.07) is 17.2. The molecule has 7 nitrogen and oxygen atoms in total. The average Bonchev–Trinajstić information content (AvgIpc) is 2.67. The Kier molecular flexibility index (Phi) is 5.89. The lowest BCUT2D eigenvalue weighted by atomic mass is 9.97. The second-order valence-corrected chi connectivity index (χ2v) is 8.79. The van der Waals surface area contributed by atoms with Crippen molar-refractivity contribution in [2.45, 2.75) is 11.3 Å². The van der Waals surface area contributed by atoms with Crippen LogP contribution in [0.25, 0.3) is 11.1 Å². The maximum atomic E-state index is 12.6. The van der Waals surface area contributed by atoms with Gasteiger partial charge in [-0.1, -0.05) is 36.4 Å². The van der Waals surface area contributed by atoms with E-state index in [1.54, 1.807) is 42.5 Å². The minimum Gasteiger partial charge on any atom is -0.384 e. The van der Waals surface area contributed by atoms with Crippen molar-refractivity contribution in [3.63, 3.8) is 0 Å². The van der Waals surface area contributed by atoms with E-state index in [1.807, 2.05) is 0 Å². The molecular formula is C22H20N3O4S. The third-order valence-corrected chi connectivity index (χ3v) is 5.62. The number of benzene rings is 3. The number of nitrogens with one attached hydrogen (secondary N) is 2. The van der Waals surface area contributed by atoms with E-state index in [0.717, 1.165) is 6.26 Å². The van der Waals surface area contributed by atoms with Gasteiger partial charge in [-0.3, -0.25) is 15.3 Å². The second kappa shape index (κ2) is 8.38. The summed E-state index contributed by atoms with van der Waals surface area (Å²) in [5, 5.41) is 22.1. The topological polar surface area (TPSA) is 133 Å². The fraction of sp³-hybridized carbons (Fsp3) is 0.0909. The number of nitrogen functional groups attached to an aromatic ring is 1. The number of carbonyl (C=O) groups excluding carboxylic acids is 1. The number of amidine groups is 1. The molecule has 0 heterocycles. The van der Waals surface area contributed by atoms with Crippen LogP contribution in [-0.2, 0) is 26.2 Å². The summed E-state index contributed by atoms with van der Waals surface area (Å²) in [7, 11) is -3.51. The average molecular weight is 422 g/mol. The molecule has 8 heteroatoms. The van der Waals surface area contributed by atoms with Crippen LogP contribution in [0.1, 0.15) is 11.1 Å². The van der Waals surface area contributed by atoms with E-state index in [2.05, 4.69) is 5.32 Å². The molecule has 0 fully saturated rings. The van der Waals surface area contributed by atoms with Gasteiger partial charge in [0, 0.05) is 23.1 Å². The lowest BCUT2D eigenvalue weighted by molar-refractivity contribution is -0.115. The van der Waals surface area contributed by atoms with E-state index in [4.69, 9.17) is 11.1 Å². The summed E-state index contributed by atoms with van der Waals surface area (Å²) in [4.78, 5) is 12.7. The number of rotatable bonds is 6. The largest absolute Gasteiger partial charge is 0.384 e. The van der Waals surface area contributed by atoms with E-state index in [0.29, 0.717) is 27.9 Å². The fourth-order valence-corrected chi connectivity index (χ4v) is 4.04. The quantitative estimate of drug-likeness (QED) is 0.415. The molecule has 3 rings (SSSR count). The summed E-state index contributed by atoms with van der Waals surface area (Å²) in [6.45, 7) is 0. The summed E-state index contributed by atoms with van der Waals surface area (Å²) in [5.74, 6) is -0.791. The number of sulfone groups is 1. The van der Waals surface area contributed by atoms with Crippen molar-refractivity contribution < 1.29 is 18.3 Å². The highest BCUT2D eigenvalue weighted by Gasteiger charge is 2.18. The highest BCUT2D eigenvalue weighted by molar-refractivity contribution is 7.90. The highest BCUT2D eigenvalue weighted by Crippen LogP contribution is 2.32. The maximum absolute atomic E-state index is 12.6. The minimum absolute atomic E-state index is 0.121. The highest BCUT2D eigenvalue weighted by atomic mass is 32.2. The molecule has 0 spiro atoms. The van der Waals surface area contributed by atoms with Crippen molar-refractivity contribution in [3.05, 3.63) is 77.9 Å². The van der Waals surface area contributed by atoms with Crippen molar-refractivity contribution in [3.8, 4) is 16.9 Å². The van der Waals surface area contributed by atoms with Crippen LogP contribution in [0.5, 0.6) is 5.75 Å². The Balaban J connectivity index is 1.95. The Bertz CT molecular complexity index is 1240. The number of hydrogen-bond acceptors (Lipinski definition) is 4. The lowest BCUT2D eigenvalue weighted by Crippen LogP contribution is -2.16. The van der Waals surface area contributed by atoms with E-state index >= 15 is 0 Å². The molecule has 0 unspecified atom stereocenters. The first kappa shape index (κ1) is 21.1. The summed E-state index contributed by atoms with van der Waals surface area (Å²) >= 11 is 0. The van der Waals surface area contributed by atoms with Gasteiger partial charge in [0.25, 0.3) is 0 Å². The van der Waals surface area contributed by atoms with Crippen LogP contribution in [0, 0.1) is 5.41 Å². The minimum atomic E-state index is -3.51. The first-order valence-corrected chi connectivity index (χ1v) is 10.9.